The van der Waals surface area contributed by atoms with Crippen LogP contribution in [0.1, 0.15) is 22.4 Å². The van der Waals surface area contributed by atoms with E-state index in [2.05, 4.69) is 41.2 Å². The van der Waals surface area contributed by atoms with Crippen LogP contribution < -0.4 is 9.64 Å². The first-order valence-corrected chi connectivity index (χ1v) is 12.8. The van der Waals surface area contributed by atoms with Gasteiger partial charge in [-0.05, 0) is 67.1 Å². The Labute approximate surface area is 212 Å². The topological polar surface area (TPSA) is 54.8 Å². The number of rotatable bonds is 6. The molecule has 0 saturated carbocycles. The summed E-state index contributed by atoms with van der Waals surface area (Å²) in [6, 6.07) is 25.6. The summed E-state index contributed by atoms with van der Waals surface area (Å²) in [6.45, 7) is 4.51. The fourth-order valence-electron chi connectivity index (χ4n) is 3.49. The zero-order chi connectivity index (χ0) is 24.2. The van der Waals surface area contributed by atoms with E-state index < -0.39 is 0 Å². The number of ether oxygens (including phenoxy) is 1. The molecular formula is C28H23N3O2S2. The number of nitrogens with zero attached hydrogens (tertiary/aromatic N) is 3. The molecule has 0 spiro atoms. The summed E-state index contributed by atoms with van der Waals surface area (Å²) >= 11 is 2.82. The molecule has 0 bridgehead atoms. The van der Waals surface area contributed by atoms with Gasteiger partial charge in [0.1, 0.15) is 12.4 Å². The molecule has 1 aromatic heterocycles. The van der Waals surface area contributed by atoms with E-state index in [1.165, 1.54) is 28.7 Å². The second-order valence-corrected chi connectivity index (χ2v) is 9.94. The Morgan fingerprint density at radius 1 is 0.971 bits per heavy atom. The van der Waals surface area contributed by atoms with E-state index in [1.54, 1.807) is 4.90 Å². The molecule has 7 heteroatoms. The van der Waals surface area contributed by atoms with E-state index in [-0.39, 0.29) is 5.91 Å². The number of carbonyl (C=O) groups is 1. The monoisotopic (exact) mass is 497 g/mol. The summed E-state index contributed by atoms with van der Waals surface area (Å²) in [7, 11) is 0. The minimum atomic E-state index is -0.104. The number of hydrogen-bond donors (Lipinski definition) is 0. The number of thioether (sulfide) groups is 1. The number of hydrogen-bond acceptors (Lipinski definition) is 6. The molecule has 1 aliphatic heterocycles. The van der Waals surface area contributed by atoms with Crippen molar-refractivity contribution in [2.45, 2.75) is 20.5 Å². The van der Waals surface area contributed by atoms with Gasteiger partial charge in [-0.15, -0.1) is 11.3 Å². The lowest BCUT2D eigenvalue weighted by atomic mass is 10.1. The SMILES string of the molecule is Cc1ccc(COc2ccc(/C=C3\S/C(=N/c4nc(C)cs4)N(c4ccccc4)C3=O)cc2)cc1. The van der Waals surface area contributed by atoms with Gasteiger partial charge in [0.15, 0.2) is 5.17 Å². The molecule has 5 rings (SSSR count). The molecule has 0 radical (unpaired) electrons. The van der Waals surface area contributed by atoms with Gasteiger partial charge in [0.05, 0.1) is 16.3 Å². The van der Waals surface area contributed by atoms with Crippen LogP contribution in [0.25, 0.3) is 6.08 Å². The highest BCUT2D eigenvalue weighted by Crippen LogP contribution is 2.37. The number of amides is 1. The van der Waals surface area contributed by atoms with Crippen LogP contribution in [-0.2, 0) is 11.4 Å². The van der Waals surface area contributed by atoms with Gasteiger partial charge < -0.3 is 4.74 Å². The normalized spacial score (nSPS) is 15.8. The molecule has 1 saturated heterocycles. The van der Waals surface area contributed by atoms with Crippen LogP contribution >= 0.6 is 23.1 Å². The van der Waals surface area contributed by atoms with Crippen molar-refractivity contribution in [3.05, 3.63) is 112 Å². The van der Waals surface area contributed by atoms with Gasteiger partial charge in [-0.3, -0.25) is 9.69 Å². The summed E-state index contributed by atoms with van der Waals surface area (Å²) in [5.74, 6) is 0.679. The maximum absolute atomic E-state index is 13.4. The average Bonchev–Trinajstić information content (AvgIpc) is 3.42. The van der Waals surface area contributed by atoms with Crippen molar-refractivity contribution in [2.24, 2.45) is 4.99 Å². The van der Waals surface area contributed by atoms with Crippen molar-refractivity contribution in [1.82, 2.24) is 4.98 Å². The number of para-hydroxylation sites is 1. The Morgan fingerprint density at radius 2 is 1.71 bits per heavy atom. The molecule has 174 valence electrons. The predicted octanol–water partition coefficient (Wildman–Crippen LogP) is 7.15. The van der Waals surface area contributed by atoms with E-state index in [9.17, 15) is 4.79 Å². The van der Waals surface area contributed by atoms with Gasteiger partial charge in [-0.2, -0.15) is 4.99 Å². The molecule has 1 fully saturated rings. The number of aliphatic imine (C=N–C) groups is 1. The fraction of sp³-hybridized carbons (Fsp3) is 0.107. The first kappa shape index (κ1) is 23.1. The Balaban J connectivity index is 1.36. The lowest BCUT2D eigenvalue weighted by Crippen LogP contribution is -2.28. The molecule has 1 aliphatic rings. The van der Waals surface area contributed by atoms with Crippen LogP contribution in [0.3, 0.4) is 0 Å². The highest BCUT2D eigenvalue weighted by atomic mass is 32.2. The first-order chi connectivity index (χ1) is 17.0. The van der Waals surface area contributed by atoms with E-state index >= 15 is 0 Å². The lowest BCUT2D eigenvalue weighted by Gasteiger charge is -2.14. The molecular weight excluding hydrogens is 474 g/mol. The second-order valence-electron chi connectivity index (χ2n) is 8.10. The average molecular weight is 498 g/mol. The second kappa shape index (κ2) is 10.3. The third-order valence-electron chi connectivity index (χ3n) is 5.32. The Morgan fingerprint density at radius 3 is 2.40 bits per heavy atom. The molecule has 2 heterocycles. The molecule has 5 nitrogen and oxygen atoms in total. The largest absolute Gasteiger partial charge is 0.489 e. The van der Waals surface area contributed by atoms with Crippen molar-refractivity contribution in [1.29, 1.82) is 0 Å². The quantitative estimate of drug-likeness (QED) is 0.266. The lowest BCUT2D eigenvalue weighted by molar-refractivity contribution is -0.113. The van der Waals surface area contributed by atoms with Crippen LogP contribution in [-0.4, -0.2) is 16.1 Å². The minimum absolute atomic E-state index is 0.104. The summed E-state index contributed by atoms with van der Waals surface area (Å²) in [5, 5.41) is 3.18. The summed E-state index contributed by atoms with van der Waals surface area (Å²) in [5.41, 5.74) is 4.96. The van der Waals surface area contributed by atoms with E-state index in [1.807, 2.05) is 73.0 Å². The van der Waals surface area contributed by atoms with Gasteiger partial charge in [0.25, 0.3) is 5.91 Å². The molecule has 0 unspecified atom stereocenters. The fourth-order valence-corrected chi connectivity index (χ4v) is 5.20. The number of benzene rings is 3. The van der Waals surface area contributed by atoms with Crippen LogP contribution in [0.2, 0.25) is 0 Å². The van der Waals surface area contributed by atoms with Gasteiger partial charge in [0, 0.05) is 5.38 Å². The maximum atomic E-state index is 13.4. The predicted molar refractivity (Wildman–Crippen MR) is 145 cm³/mol. The van der Waals surface area contributed by atoms with Crippen molar-refractivity contribution in [3.63, 3.8) is 0 Å². The highest BCUT2D eigenvalue weighted by Gasteiger charge is 2.34. The number of thiazole rings is 1. The molecule has 35 heavy (non-hydrogen) atoms. The number of carbonyl (C=O) groups excluding carboxylic acids is 1. The molecule has 3 aromatic carbocycles. The Bertz CT molecular complexity index is 1390. The van der Waals surface area contributed by atoms with Crippen molar-refractivity contribution < 1.29 is 9.53 Å². The maximum Gasteiger partial charge on any atom is 0.271 e. The zero-order valence-corrected chi connectivity index (χ0v) is 21.0. The third kappa shape index (κ3) is 5.53. The Kier molecular flexibility index (Phi) is 6.79. The van der Waals surface area contributed by atoms with Crippen molar-refractivity contribution >= 4 is 51.1 Å². The summed E-state index contributed by atoms with van der Waals surface area (Å²) in [4.78, 5) is 24.8. The number of aromatic nitrogens is 1. The molecule has 1 amide bonds. The van der Waals surface area contributed by atoms with Gasteiger partial charge in [-0.25, -0.2) is 4.98 Å². The first-order valence-electron chi connectivity index (χ1n) is 11.1. The van der Waals surface area contributed by atoms with Crippen LogP contribution in [0, 0.1) is 13.8 Å². The number of aryl methyl sites for hydroxylation is 2. The number of anilines is 1. The van der Waals surface area contributed by atoms with E-state index in [0.29, 0.717) is 21.8 Å². The van der Waals surface area contributed by atoms with Gasteiger partial charge >= 0.3 is 0 Å². The third-order valence-corrected chi connectivity index (χ3v) is 7.14. The summed E-state index contributed by atoms with van der Waals surface area (Å²) < 4.78 is 5.91. The minimum Gasteiger partial charge on any atom is -0.489 e. The van der Waals surface area contributed by atoms with Gasteiger partial charge in [-0.1, -0.05) is 60.2 Å². The molecule has 0 aliphatic carbocycles. The van der Waals surface area contributed by atoms with E-state index in [0.717, 1.165) is 28.3 Å². The smallest absolute Gasteiger partial charge is 0.271 e. The van der Waals surface area contributed by atoms with E-state index in [4.69, 9.17) is 4.74 Å². The van der Waals surface area contributed by atoms with Gasteiger partial charge in [0.2, 0.25) is 5.13 Å². The van der Waals surface area contributed by atoms with Crippen LogP contribution in [0.15, 0.2) is 94.1 Å². The zero-order valence-electron chi connectivity index (χ0n) is 19.3. The van der Waals surface area contributed by atoms with Crippen LogP contribution in [0.4, 0.5) is 10.8 Å². The number of amidine groups is 1. The standard InChI is InChI=1S/C28H23N3O2S2/c1-19-8-10-22(11-9-19)17-33-24-14-12-21(13-15-24)16-25-26(32)31(23-6-4-3-5-7-23)28(35-25)30-27-29-20(2)18-34-27/h3-16,18H,17H2,1-2H3/b25-16-,30-28+. The van der Waals surface area contributed by atoms with Crippen molar-refractivity contribution in [2.75, 3.05) is 4.90 Å². The molecule has 0 N–H and O–H groups in total. The molecule has 0 atom stereocenters. The molecule has 4 aromatic rings. The summed E-state index contributed by atoms with van der Waals surface area (Å²) in [6.07, 6.45) is 1.89. The van der Waals surface area contributed by atoms with Crippen molar-refractivity contribution in [3.8, 4) is 5.75 Å². The van der Waals surface area contributed by atoms with Crippen LogP contribution in [0.5, 0.6) is 5.75 Å². The Hall–Kier alpha value is -3.68. The highest BCUT2D eigenvalue weighted by molar-refractivity contribution is 8.19.